The molecule has 0 aliphatic carbocycles. The number of hydrogen-bond donors (Lipinski definition) is 3. The highest BCUT2D eigenvalue weighted by Gasteiger charge is 2.26. The smallest absolute Gasteiger partial charge is 0.252 e. The topological polar surface area (TPSA) is 137 Å². The van der Waals surface area contributed by atoms with Gasteiger partial charge in [-0.3, -0.25) is 9.59 Å². The highest BCUT2D eigenvalue weighted by atomic mass is 16.3. The molecule has 0 bridgehead atoms. The zero-order valence-corrected chi connectivity index (χ0v) is 16.2. The predicted octanol–water partition coefficient (Wildman–Crippen LogP) is 2.22. The molecule has 2 amide bonds. The lowest BCUT2D eigenvalue weighted by molar-refractivity contribution is 0.0984. The summed E-state index contributed by atoms with van der Waals surface area (Å²) >= 11 is 0. The Labute approximate surface area is 171 Å². The Kier molecular flexibility index (Phi) is 4.67. The van der Waals surface area contributed by atoms with Crippen molar-refractivity contribution in [1.82, 2.24) is 15.0 Å². The number of phenols is 1. The Balaban J connectivity index is 2.00. The molecule has 0 saturated carbocycles. The minimum absolute atomic E-state index is 0.0271. The standard InChI is InChI=1S/C22H19N5O3/c1-12-5-4-6-13(9-12)10-14-11-15(21(23)29)20(28)19(18(14)22(24)30)27-25-16-7-2-3-8-17(16)26-27/h2-9,11,28H,10H2,1H3,(H2,23,29)(H2,24,30). The van der Waals surface area contributed by atoms with Gasteiger partial charge >= 0.3 is 0 Å². The van der Waals surface area contributed by atoms with E-state index < -0.39 is 17.6 Å². The molecular formula is C22H19N5O3. The van der Waals surface area contributed by atoms with E-state index in [0.717, 1.165) is 15.9 Å². The Hall–Kier alpha value is -4.20. The van der Waals surface area contributed by atoms with Crippen LogP contribution >= 0.6 is 0 Å². The van der Waals surface area contributed by atoms with Crippen LogP contribution in [-0.4, -0.2) is 31.9 Å². The number of rotatable bonds is 5. The number of nitrogens with zero attached hydrogens (tertiary/aromatic N) is 3. The number of hydrogen-bond acceptors (Lipinski definition) is 5. The molecule has 5 N–H and O–H groups in total. The molecule has 1 heterocycles. The molecule has 0 spiro atoms. The Morgan fingerprint density at radius 1 is 0.967 bits per heavy atom. The number of aromatic nitrogens is 3. The van der Waals surface area contributed by atoms with Crippen LogP contribution in [0.25, 0.3) is 16.7 Å². The highest BCUT2D eigenvalue weighted by Crippen LogP contribution is 2.33. The number of amides is 2. The summed E-state index contributed by atoms with van der Waals surface area (Å²) in [7, 11) is 0. The molecule has 0 unspecified atom stereocenters. The van der Waals surface area contributed by atoms with Crippen molar-refractivity contribution >= 4 is 22.8 Å². The van der Waals surface area contributed by atoms with Gasteiger partial charge < -0.3 is 16.6 Å². The van der Waals surface area contributed by atoms with Crippen molar-refractivity contribution in [3.8, 4) is 11.4 Å². The molecule has 0 aliphatic heterocycles. The van der Waals surface area contributed by atoms with E-state index in [1.54, 1.807) is 24.3 Å². The van der Waals surface area contributed by atoms with E-state index in [-0.39, 0.29) is 16.8 Å². The Morgan fingerprint density at radius 2 is 1.63 bits per heavy atom. The summed E-state index contributed by atoms with van der Waals surface area (Å²) in [5.41, 5.74) is 14.5. The number of carbonyl (C=O) groups excluding carboxylic acids is 2. The van der Waals surface area contributed by atoms with Gasteiger partial charge in [0.05, 0.1) is 11.1 Å². The van der Waals surface area contributed by atoms with Gasteiger partial charge in [0.2, 0.25) is 0 Å². The summed E-state index contributed by atoms with van der Waals surface area (Å²) in [6.07, 6.45) is 0.300. The van der Waals surface area contributed by atoms with Crippen LogP contribution in [0, 0.1) is 6.92 Å². The largest absolute Gasteiger partial charge is 0.505 e. The maximum atomic E-state index is 12.4. The normalized spacial score (nSPS) is 11.0. The number of nitrogens with two attached hydrogens (primary N) is 2. The van der Waals surface area contributed by atoms with Crippen molar-refractivity contribution in [3.05, 3.63) is 82.4 Å². The van der Waals surface area contributed by atoms with Gasteiger partial charge in [-0.1, -0.05) is 42.0 Å². The molecule has 0 atom stereocenters. The number of carbonyl (C=O) groups is 2. The van der Waals surface area contributed by atoms with Crippen LogP contribution in [0.3, 0.4) is 0 Å². The SMILES string of the molecule is Cc1cccc(Cc2cc(C(N)=O)c(O)c(-n3nc4ccccc4n3)c2C(N)=O)c1. The summed E-state index contributed by atoms with van der Waals surface area (Å²) in [5.74, 6) is -2.11. The molecule has 8 nitrogen and oxygen atoms in total. The Bertz CT molecular complexity index is 1280. The molecule has 0 fully saturated rings. The van der Waals surface area contributed by atoms with Crippen LogP contribution in [0.1, 0.15) is 37.4 Å². The molecule has 3 aromatic carbocycles. The number of aryl methyl sites for hydroxylation is 1. The molecule has 4 rings (SSSR count). The van der Waals surface area contributed by atoms with Gasteiger partial charge in [-0.05, 0) is 42.7 Å². The predicted molar refractivity (Wildman–Crippen MR) is 112 cm³/mol. The first kappa shape index (κ1) is 19.1. The number of primary amides is 2. The van der Waals surface area contributed by atoms with Gasteiger partial charge in [0.25, 0.3) is 11.8 Å². The van der Waals surface area contributed by atoms with E-state index in [2.05, 4.69) is 10.2 Å². The van der Waals surface area contributed by atoms with Crippen LogP contribution in [0.5, 0.6) is 5.75 Å². The van der Waals surface area contributed by atoms with Crippen LogP contribution in [0.4, 0.5) is 0 Å². The lowest BCUT2D eigenvalue weighted by Crippen LogP contribution is -2.21. The third-order valence-corrected chi connectivity index (χ3v) is 4.83. The third-order valence-electron chi connectivity index (χ3n) is 4.83. The third kappa shape index (κ3) is 3.35. The van der Waals surface area contributed by atoms with Crippen molar-refractivity contribution in [2.75, 3.05) is 0 Å². The van der Waals surface area contributed by atoms with Crippen molar-refractivity contribution in [2.45, 2.75) is 13.3 Å². The first-order chi connectivity index (χ1) is 14.3. The zero-order valence-electron chi connectivity index (χ0n) is 16.2. The quantitative estimate of drug-likeness (QED) is 0.471. The van der Waals surface area contributed by atoms with Crippen molar-refractivity contribution in [1.29, 1.82) is 0 Å². The van der Waals surface area contributed by atoms with Crippen LogP contribution in [0.15, 0.2) is 54.6 Å². The summed E-state index contributed by atoms with van der Waals surface area (Å²) in [6, 6.07) is 16.2. The fourth-order valence-corrected chi connectivity index (χ4v) is 3.51. The molecule has 0 aliphatic rings. The summed E-state index contributed by atoms with van der Waals surface area (Å²) in [6.45, 7) is 1.95. The van der Waals surface area contributed by atoms with Gasteiger partial charge in [0.15, 0.2) is 5.75 Å². The summed E-state index contributed by atoms with van der Waals surface area (Å²) in [5, 5.41) is 19.5. The molecule has 4 aromatic rings. The fourth-order valence-electron chi connectivity index (χ4n) is 3.51. The monoisotopic (exact) mass is 401 g/mol. The lowest BCUT2D eigenvalue weighted by Gasteiger charge is -2.16. The van der Waals surface area contributed by atoms with E-state index in [1.165, 1.54) is 6.07 Å². The first-order valence-electron chi connectivity index (χ1n) is 9.21. The minimum Gasteiger partial charge on any atom is -0.505 e. The lowest BCUT2D eigenvalue weighted by atomic mass is 9.94. The molecule has 150 valence electrons. The van der Waals surface area contributed by atoms with Crippen molar-refractivity contribution < 1.29 is 14.7 Å². The maximum absolute atomic E-state index is 12.4. The molecule has 30 heavy (non-hydrogen) atoms. The van der Waals surface area contributed by atoms with E-state index in [0.29, 0.717) is 23.0 Å². The molecule has 1 aromatic heterocycles. The van der Waals surface area contributed by atoms with E-state index in [9.17, 15) is 14.7 Å². The average molecular weight is 401 g/mol. The first-order valence-corrected chi connectivity index (χ1v) is 9.21. The Morgan fingerprint density at radius 3 is 2.20 bits per heavy atom. The number of aromatic hydroxyl groups is 1. The minimum atomic E-state index is -0.841. The van der Waals surface area contributed by atoms with E-state index in [1.807, 2.05) is 31.2 Å². The van der Waals surface area contributed by atoms with Gasteiger partial charge in [-0.15, -0.1) is 15.0 Å². The van der Waals surface area contributed by atoms with Crippen LogP contribution < -0.4 is 11.5 Å². The van der Waals surface area contributed by atoms with Crippen LogP contribution in [-0.2, 0) is 6.42 Å². The second-order valence-electron chi connectivity index (χ2n) is 7.03. The molecule has 0 saturated heterocycles. The van der Waals surface area contributed by atoms with Gasteiger partial charge in [0.1, 0.15) is 16.7 Å². The fraction of sp³-hybridized carbons (Fsp3) is 0.0909. The second kappa shape index (κ2) is 7.32. The van der Waals surface area contributed by atoms with Crippen molar-refractivity contribution in [3.63, 3.8) is 0 Å². The number of fused-ring (bicyclic) bond motifs is 1. The van der Waals surface area contributed by atoms with Crippen molar-refractivity contribution in [2.24, 2.45) is 11.5 Å². The summed E-state index contributed by atoms with van der Waals surface area (Å²) in [4.78, 5) is 25.6. The number of benzene rings is 3. The molecule has 8 heteroatoms. The van der Waals surface area contributed by atoms with E-state index in [4.69, 9.17) is 11.5 Å². The summed E-state index contributed by atoms with van der Waals surface area (Å²) < 4.78 is 0. The highest BCUT2D eigenvalue weighted by molar-refractivity contribution is 6.04. The van der Waals surface area contributed by atoms with Crippen LogP contribution in [0.2, 0.25) is 0 Å². The average Bonchev–Trinajstić information content (AvgIpc) is 3.12. The zero-order chi connectivity index (χ0) is 21.4. The van der Waals surface area contributed by atoms with E-state index >= 15 is 0 Å². The molecule has 0 radical (unpaired) electrons. The maximum Gasteiger partial charge on any atom is 0.252 e. The molecular weight excluding hydrogens is 382 g/mol. The van der Waals surface area contributed by atoms with Gasteiger partial charge in [-0.25, -0.2) is 0 Å². The second-order valence-corrected chi connectivity index (χ2v) is 7.03. The van der Waals surface area contributed by atoms with Gasteiger partial charge in [-0.2, -0.15) is 0 Å². The van der Waals surface area contributed by atoms with Gasteiger partial charge in [0, 0.05) is 0 Å².